The maximum Gasteiger partial charge on any atom is 0.416 e. The molecule has 1 aromatic heterocycles. The molecule has 146 valence electrons. The van der Waals surface area contributed by atoms with Crippen LogP contribution in [0.4, 0.5) is 13.2 Å². The molecule has 1 atom stereocenters. The lowest BCUT2D eigenvalue weighted by Gasteiger charge is -2.28. The Hall–Kier alpha value is -2.39. The first kappa shape index (κ1) is 19.4. The summed E-state index contributed by atoms with van der Waals surface area (Å²) in [6.45, 7) is 1.48. The minimum atomic E-state index is -4.48. The summed E-state index contributed by atoms with van der Waals surface area (Å²) in [6.07, 6.45) is -3.22. The number of β-amino-alcohol motifs (C(OH)–C–C–N with tert-alkyl or cyclic N) is 1. The zero-order valence-electron chi connectivity index (χ0n) is 14.5. The van der Waals surface area contributed by atoms with Gasteiger partial charge in [-0.3, -0.25) is 9.69 Å². The van der Waals surface area contributed by atoms with Crippen LogP contribution in [0.2, 0.25) is 0 Å². The van der Waals surface area contributed by atoms with Crippen molar-refractivity contribution in [2.45, 2.75) is 38.2 Å². The van der Waals surface area contributed by atoms with Crippen molar-refractivity contribution in [1.29, 1.82) is 0 Å². The second-order valence-corrected chi connectivity index (χ2v) is 6.55. The third-order valence-corrected chi connectivity index (χ3v) is 4.41. The topological polar surface area (TPSA) is 78.6 Å². The normalized spacial score (nSPS) is 18.4. The summed E-state index contributed by atoms with van der Waals surface area (Å²) in [5.41, 5.74) is -0.800. The second-order valence-electron chi connectivity index (χ2n) is 6.55. The van der Waals surface area contributed by atoms with Crippen LogP contribution in [0, 0.1) is 0 Å². The zero-order valence-corrected chi connectivity index (χ0v) is 14.5. The Kier molecular flexibility index (Phi) is 5.81. The molecule has 1 fully saturated rings. The highest BCUT2D eigenvalue weighted by atomic mass is 19.4. The van der Waals surface area contributed by atoms with E-state index in [-0.39, 0.29) is 23.9 Å². The van der Waals surface area contributed by atoms with Crippen molar-refractivity contribution in [2.24, 2.45) is 0 Å². The molecule has 0 spiro atoms. The van der Waals surface area contributed by atoms with Crippen LogP contribution < -0.4 is 5.32 Å². The molecule has 3 rings (SSSR count). The van der Waals surface area contributed by atoms with Crippen LogP contribution in [0.1, 0.15) is 40.2 Å². The lowest BCUT2D eigenvalue weighted by molar-refractivity contribution is -0.138. The summed E-state index contributed by atoms with van der Waals surface area (Å²) in [6, 6.07) is 6.54. The zero-order chi connectivity index (χ0) is 19.4. The van der Waals surface area contributed by atoms with Crippen LogP contribution in [-0.2, 0) is 19.3 Å². The molecule has 1 aliphatic heterocycles. The Labute approximate surface area is 153 Å². The number of carbonyl (C=O) groups excluding carboxylic acids is 1. The highest BCUT2D eigenvalue weighted by Crippen LogP contribution is 2.31. The maximum atomic E-state index is 13.0. The number of nitrogens with zero attached hydrogens (tertiary/aromatic N) is 2. The summed E-state index contributed by atoms with van der Waals surface area (Å²) < 4.78 is 44.1. The van der Waals surface area contributed by atoms with Crippen molar-refractivity contribution >= 4 is 5.91 Å². The van der Waals surface area contributed by atoms with Gasteiger partial charge < -0.3 is 14.9 Å². The molecule has 0 aliphatic carbocycles. The van der Waals surface area contributed by atoms with Crippen molar-refractivity contribution in [3.8, 4) is 0 Å². The number of aromatic nitrogens is 1. The fraction of sp³-hybridized carbons (Fsp3) is 0.444. The van der Waals surface area contributed by atoms with E-state index < -0.39 is 17.6 Å². The van der Waals surface area contributed by atoms with Gasteiger partial charge in [0.05, 0.1) is 18.2 Å². The number of likely N-dealkylation sites (tertiary alicyclic amines) is 1. The van der Waals surface area contributed by atoms with Gasteiger partial charge in [0, 0.05) is 19.2 Å². The molecule has 2 heterocycles. The van der Waals surface area contributed by atoms with E-state index in [2.05, 4.69) is 10.5 Å². The van der Waals surface area contributed by atoms with Crippen molar-refractivity contribution in [3.05, 3.63) is 52.9 Å². The molecule has 9 heteroatoms. The number of amides is 1. The fourth-order valence-electron chi connectivity index (χ4n) is 3.11. The Morgan fingerprint density at radius 2 is 2.15 bits per heavy atom. The molecular formula is C18H20F3N3O3. The van der Waals surface area contributed by atoms with E-state index >= 15 is 0 Å². The van der Waals surface area contributed by atoms with Gasteiger partial charge in [-0.2, -0.15) is 13.2 Å². The van der Waals surface area contributed by atoms with Gasteiger partial charge >= 0.3 is 6.18 Å². The van der Waals surface area contributed by atoms with E-state index in [1.807, 2.05) is 4.90 Å². The molecule has 1 amide bonds. The number of piperidine rings is 1. The number of halogens is 3. The van der Waals surface area contributed by atoms with Crippen LogP contribution in [-0.4, -0.2) is 40.3 Å². The number of hydrogen-bond acceptors (Lipinski definition) is 5. The highest BCUT2D eigenvalue weighted by Gasteiger charge is 2.33. The summed E-state index contributed by atoms with van der Waals surface area (Å²) in [5, 5.41) is 15.8. The number of hydrogen-bond donors (Lipinski definition) is 2. The minimum absolute atomic E-state index is 0.00653. The number of benzene rings is 1. The molecule has 0 saturated carbocycles. The van der Waals surface area contributed by atoms with Crippen molar-refractivity contribution in [3.63, 3.8) is 0 Å². The molecule has 2 aromatic rings. The Morgan fingerprint density at radius 3 is 2.89 bits per heavy atom. The first-order valence-corrected chi connectivity index (χ1v) is 8.62. The van der Waals surface area contributed by atoms with E-state index in [1.165, 1.54) is 24.3 Å². The second kappa shape index (κ2) is 8.10. The summed E-state index contributed by atoms with van der Waals surface area (Å²) in [7, 11) is 0. The molecule has 1 aliphatic rings. The van der Waals surface area contributed by atoms with Crippen molar-refractivity contribution in [2.75, 3.05) is 13.1 Å². The number of carbonyl (C=O) groups is 1. The number of alkyl halides is 3. The lowest BCUT2D eigenvalue weighted by Crippen LogP contribution is -2.37. The largest absolute Gasteiger partial charge is 0.416 e. The van der Waals surface area contributed by atoms with Gasteiger partial charge in [-0.15, -0.1) is 0 Å². The third kappa shape index (κ3) is 5.08. The average molecular weight is 383 g/mol. The Bertz CT molecular complexity index is 791. The van der Waals surface area contributed by atoms with E-state index in [1.54, 1.807) is 0 Å². The van der Waals surface area contributed by atoms with E-state index in [9.17, 15) is 23.1 Å². The van der Waals surface area contributed by atoms with Crippen LogP contribution in [0.15, 0.2) is 34.9 Å². The summed E-state index contributed by atoms with van der Waals surface area (Å²) in [5.74, 6) is -0.148. The fourth-order valence-corrected chi connectivity index (χ4v) is 3.11. The summed E-state index contributed by atoms with van der Waals surface area (Å²) in [4.78, 5) is 14.2. The van der Waals surface area contributed by atoms with Gasteiger partial charge in [-0.25, -0.2) is 0 Å². The number of aliphatic hydroxyl groups excluding tert-OH is 1. The predicted molar refractivity (Wildman–Crippen MR) is 89.6 cm³/mol. The predicted octanol–water partition coefficient (Wildman–Crippen LogP) is 2.58. The smallest absolute Gasteiger partial charge is 0.392 e. The molecule has 27 heavy (non-hydrogen) atoms. The molecule has 1 saturated heterocycles. The molecule has 2 N–H and O–H groups in total. The number of aliphatic hydroxyl groups is 1. The van der Waals surface area contributed by atoms with Gasteiger partial charge in [0.15, 0.2) is 11.5 Å². The van der Waals surface area contributed by atoms with E-state index in [0.717, 1.165) is 25.5 Å². The van der Waals surface area contributed by atoms with Crippen LogP contribution in [0.25, 0.3) is 0 Å². The van der Waals surface area contributed by atoms with Crippen LogP contribution >= 0.6 is 0 Å². The number of nitrogens with one attached hydrogen (secondary N) is 1. The minimum Gasteiger partial charge on any atom is -0.392 e. The third-order valence-electron chi connectivity index (χ3n) is 4.41. The molecular weight excluding hydrogens is 363 g/mol. The van der Waals surface area contributed by atoms with E-state index in [0.29, 0.717) is 18.8 Å². The Morgan fingerprint density at radius 1 is 1.37 bits per heavy atom. The average Bonchev–Trinajstić information content (AvgIpc) is 3.08. The molecule has 6 nitrogen and oxygen atoms in total. The molecule has 0 radical (unpaired) electrons. The quantitative estimate of drug-likeness (QED) is 0.830. The first-order chi connectivity index (χ1) is 12.8. The molecule has 0 unspecified atom stereocenters. The van der Waals surface area contributed by atoms with Gasteiger partial charge in [-0.05, 0) is 31.0 Å². The van der Waals surface area contributed by atoms with E-state index in [4.69, 9.17) is 4.52 Å². The van der Waals surface area contributed by atoms with Crippen LogP contribution in [0.3, 0.4) is 0 Å². The van der Waals surface area contributed by atoms with Crippen molar-refractivity contribution in [1.82, 2.24) is 15.4 Å². The van der Waals surface area contributed by atoms with Crippen molar-refractivity contribution < 1.29 is 27.6 Å². The number of rotatable bonds is 5. The lowest BCUT2D eigenvalue weighted by atomic mass is 10.1. The van der Waals surface area contributed by atoms with Gasteiger partial charge in [0.1, 0.15) is 0 Å². The highest BCUT2D eigenvalue weighted by molar-refractivity contribution is 5.92. The molecule has 1 aromatic carbocycles. The Balaban J connectivity index is 1.59. The first-order valence-electron chi connectivity index (χ1n) is 8.62. The van der Waals surface area contributed by atoms with Gasteiger partial charge in [0.25, 0.3) is 5.91 Å². The maximum absolute atomic E-state index is 13.0. The van der Waals surface area contributed by atoms with Crippen LogP contribution in [0.5, 0.6) is 0 Å². The monoisotopic (exact) mass is 383 g/mol. The standard InChI is InChI=1S/C18H20F3N3O3/c19-18(20,21)15-6-2-1-4-12(15)9-22-17(26)16-8-14(27-23-16)11-24-7-3-5-13(25)10-24/h1-2,4,6,8,13,25H,3,5,7,9-11H2,(H,22,26)/t13-/m1/s1. The SMILES string of the molecule is O=C(NCc1ccccc1C(F)(F)F)c1cc(CN2CCC[C@@H](O)C2)on1. The van der Waals surface area contributed by atoms with Gasteiger partial charge in [-0.1, -0.05) is 23.4 Å². The molecule has 0 bridgehead atoms. The van der Waals surface area contributed by atoms with Gasteiger partial charge in [0.2, 0.25) is 0 Å². The summed E-state index contributed by atoms with van der Waals surface area (Å²) >= 11 is 0.